The zero-order valence-corrected chi connectivity index (χ0v) is 38.4. The molecular formula is C60H38N8OSi. The Hall–Kier alpha value is -9.38. The average molecular weight is 915 g/mol. The Kier molecular flexibility index (Phi) is 8.19. The van der Waals surface area contributed by atoms with E-state index in [1.807, 2.05) is 24.3 Å². The minimum Gasteiger partial charge on any atom is -0.456 e. The Morgan fingerprint density at radius 1 is 0.343 bits per heavy atom. The van der Waals surface area contributed by atoms with Crippen LogP contribution in [0.5, 0.6) is 0 Å². The first-order chi connectivity index (χ1) is 34.7. The molecule has 0 spiro atoms. The molecule has 0 saturated carbocycles. The van der Waals surface area contributed by atoms with Crippen molar-refractivity contribution in [1.29, 1.82) is 0 Å². The highest BCUT2D eigenvalue weighted by Gasteiger charge is 2.42. The monoisotopic (exact) mass is 914 g/mol. The largest absolute Gasteiger partial charge is 0.456 e. The first-order valence-electron chi connectivity index (χ1n) is 23.5. The molecule has 0 radical (unpaired) electrons. The van der Waals surface area contributed by atoms with Crippen LogP contribution in [0, 0.1) is 0 Å². The maximum absolute atomic E-state index is 6.39. The molecule has 10 heteroatoms. The number of imidazole rings is 4. The molecule has 0 aliphatic carbocycles. The Labute approximate surface area is 400 Å². The summed E-state index contributed by atoms with van der Waals surface area (Å²) in [5, 5.41) is 7.33. The zero-order chi connectivity index (χ0) is 45.9. The van der Waals surface area contributed by atoms with Crippen molar-refractivity contribution in [2.24, 2.45) is 0 Å². The van der Waals surface area contributed by atoms with Gasteiger partial charge < -0.3 is 4.42 Å². The summed E-state index contributed by atoms with van der Waals surface area (Å²) in [6.45, 7) is 0. The molecule has 0 bridgehead atoms. The molecule has 0 unspecified atom stereocenters. The SMILES string of the molecule is c1ccc([Si](c2ccccc2)(c2ccc(-c3cc(-n4c5ccccc5n5c6ccccc6nc45)nc(-n4c5ccccc5n5c6ccccc6nc45)n3)cc2)c2ccc3oc4ccccc4c3c2)cc1. The van der Waals surface area contributed by atoms with E-state index in [9.17, 15) is 0 Å². The highest BCUT2D eigenvalue weighted by molar-refractivity contribution is 7.20. The predicted molar refractivity (Wildman–Crippen MR) is 285 cm³/mol. The molecule has 15 rings (SSSR count). The Morgan fingerprint density at radius 3 is 1.47 bits per heavy atom. The number of nitrogens with zero attached hydrogens (tertiary/aromatic N) is 8. The standard InChI is InChI=1S/C60H38N8OSi/c1-3-17-40(18-4-1)70(41-19-5-2-6-20-41,43-35-36-56-45(37-43)44-21-7-16-30-55(44)69-56)42-33-31-39(32-34-42)48-38-57(67-53-28-14-12-26-51(53)65-49-24-10-8-22-46(49)62-59(65)67)64-58(61-48)68-54-29-15-13-27-52(54)66-50-25-11-9-23-47(50)63-60(66)68/h1-38H. The number of rotatable bonds is 7. The van der Waals surface area contributed by atoms with E-state index < -0.39 is 8.07 Å². The van der Waals surface area contributed by atoms with Crippen molar-refractivity contribution in [2.45, 2.75) is 0 Å². The molecule has 0 atom stereocenters. The van der Waals surface area contributed by atoms with E-state index in [1.165, 1.54) is 20.7 Å². The Balaban J connectivity index is 0.994. The molecule has 0 fully saturated rings. The fourth-order valence-corrected chi connectivity index (χ4v) is 15.9. The molecule has 9 aromatic carbocycles. The van der Waals surface area contributed by atoms with Crippen LogP contribution >= 0.6 is 0 Å². The fourth-order valence-electron chi connectivity index (χ4n) is 11.1. The molecule has 15 aromatic rings. The van der Waals surface area contributed by atoms with E-state index in [-0.39, 0.29) is 0 Å². The number of aromatic nitrogens is 8. The van der Waals surface area contributed by atoms with E-state index in [4.69, 9.17) is 24.4 Å². The van der Waals surface area contributed by atoms with Gasteiger partial charge in [0, 0.05) is 22.4 Å². The van der Waals surface area contributed by atoms with Gasteiger partial charge in [0.1, 0.15) is 17.0 Å². The van der Waals surface area contributed by atoms with Gasteiger partial charge in [-0.1, -0.05) is 164 Å². The van der Waals surface area contributed by atoms with E-state index in [0.29, 0.717) is 11.8 Å². The molecule has 0 N–H and O–H groups in total. The summed E-state index contributed by atoms with van der Waals surface area (Å²) < 4.78 is 15.1. The summed E-state index contributed by atoms with van der Waals surface area (Å²) in [6.07, 6.45) is 0. The molecule has 328 valence electrons. The minimum absolute atomic E-state index is 0.503. The smallest absolute Gasteiger partial charge is 0.239 e. The summed E-state index contributed by atoms with van der Waals surface area (Å²) in [6, 6.07) is 81.9. The molecule has 6 heterocycles. The average Bonchev–Trinajstić information content (AvgIpc) is 4.23. The minimum atomic E-state index is -2.97. The van der Waals surface area contributed by atoms with Gasteiger partial charge in [-0.25, -0.2) is 19.5 Å². The third-order valence-corrected chi connectivity index (χ3v) is 19.0. The maximum atomic E-state index is 6.39. The van der Waals surface area contributed by atoms with E-state index in [2.05, 4.69) is 224 Å². The van der Waals surface area contributed by atoms with Crippen LogP contribution in [0.3, 0.4) is 0 Å². The van der Waals surface area contributed by atoms with Gasteiger partial charge in [0.15, 0.2) is 8.07 Å². The van der Waals surface area contributed by atoms with Gasteiger partial charge in [0.25, 0.3) is 0 Å². The Bertz CT molecular complexity index is 4340. The maximum Gasteiger partial charge on any atom is 0.239 e. The van der Waals surface area contributed by atoms with E-state index in [1.54, 1.807) is 0 Å². The van der Waals surface area contributed by atoms with Crippen molar-refractivity contribution in [3.63, 3.8) is 0 Å². The van der Waals surface area contributed by atoms with Crippen LogP contribution in [0.2, 0.25) is 0 Å². The van der Waals surface area contributed by atoms with Crippen molar-refractivity contribution in [3.05, 3.63) is 231 Å². The van der Waals surface area contributed by atoms with Gasteiger partial charge in [0.2, 0.25) is 17.5 Å². The first kappa shape index (κ1) is 38.7. The van der Waals surface area contributed by atoms with E-state index >= 15 is 0 Å². The Morgan fingerprint density at radius 2 is 0.829 bits per heavy atom. The lowest BCUT2D eigenvalue weighted by atomic mass is 10.1. The summed E-state index contributed by atoms with van der Waals surface area (Å²) in [5.41, 5.74) is 11.3. The van der Waals surface area contributed by atoms with Gasteiger partial charge in [-0.2, -0.15) is 4.98 Å². The molecular weight excluding hydrogens is 877 g/mol. The van der Waals surface area contributed by atoms with Gasteiger partial charge in [0.05, 0.1) is 49.8 Å². The van der Waals surface area contributed by atoms with Crippen molar-refractivity contribution in [1.82, 2.24) is 37.9 Å². The fraction of sp³-hybridized carbons (Fsp3) is 0. The van der Waals surface area contributed by atoms with Crippen LogP contribution < -0.4 is 20.7 Å². The molecule has 6 aromatic heterocycles. The lowest BCUT2D eigenvalue weighted by Gasteiger charge is -2.34. The third kappa shape index (κ3) is 5.47. The van der Waals surface area contributed by atoms with Crippen LogP contribution in [-0.4, -0.2) is 45.9 Å². The van der Waals surface area contributed by atoms with Crippen LogP contribution in [-0.2, 0) is 0 Å². The van der Waals surface area contributed by atoms with Gasteiger partial charge in [-0.3, -0.25) is 13.4 Å². The highest BCUT2D eigenvalue weighted by Crippen LogP contribution is 2.34. The third-order valence-electron chi connectivity index (χ3n) is 14.2. The van der Waals surface area contributed by atoms with Crippen LogP contribution in [0.4, 0.5) is 0 Å². The second-order valence-electron chi connectivity index (χ2n) is 17.9. The zero-order valence-electron chi connectivity index (χ0n) is 37.4. The lowest BCUT2D eigenvalue weighted by molar-refractivity contribution is 0.669. The summed E-state index contributed by atoms with van der Waals surface area (Å²) in [4.78, 5) is 21.5. The molecule has 70 heavy (non-hydrogen) atoms. The quantitative estimate of drug-likeness (QED) is 0.117. The molecule has 0 saturated heterocycles. The summed E-state index contributed by atoms with van der Waals surface area (Å²) in [5.74, 6) is 2.70. The number of para-hydroxylation sites is 9. The molecule has 0 amide bonds. The van der Waals surface area contributed by atoms with Crippen molar-refractivity contribution in [2.75, 3.05) is 0 Å². The second kappa shape index (κ2) is 14.8. The predicted octanol–water partition coefficient (Wildman–Crippen LogP) is 10.9. The van der Waals surface area contributed by atoms with Crippen LogP contribution in [0.15, 0.2) is 235 Å². The number of hydrogen-bond donors (Lipinski definition) is 0. The topological polar surface area (TPSA) is 83.4 Å². The molecule has 0 aliphatic rings. The normalized spacial score (nSPS) is 12.3. The van der Waals surface area contributed by atoms with Crippen LogP contribution in [0.25, 0.3) is 101 Å². The number of hydrogen-bond acceptors (Lipinski definition) is 5. The number of benzene rings is 9. The number of fused-ring (bicyclic) bond motifs is 13. The van der Waals surface area contributed by atoms with Crippen molar-refractivity contribution in [3.8, 4) is 23.0 Å². The summed E-state index contributed by atoms with van der Waals surface area (Å²) >= 11 is 0. The van der Waals surface area contributed by atoms with Crippen molar-refractivity contribution < 1.29 is 4.42 Å². The summed E-state index contributed by atoms with van der Waals surface area (Å²) in [7, 11) is -2.97. The molecule has 9 nitrogen and oxygen atoms in total. The van der Waals surface area contributed by atoms with Gasteiger partial charge >= 0.3 is 0 Å². The van der Waals surface area contributed by atoms with Gasteiger partial charge in [-0.15, -0.1) is 0 Å². The van der Waals surface area contributed by atoms with Crippen molar-refractivity contribution >= 4 is 106 Å². The van der Waals surface area contributed by atoms with Gasteiger partial charge in [-0.05, 0) is 81.4 Å². The number of furan rings is 1. The first-order valence-corrected chi connectivity index (χ1v) is 25.5. The van der Waals surface area contributed by atoms with Crippen LogP contribution in [0.1, 0.15) is 0 Å². The lowest BCUT2D eigenvalue weighted by Crippen LogP contribution is -2.74. The highest BCUT2D eigenvalue weighted by atomic mass is 28.3. The molecule has 0 aliphatic heterocycles. The van der Waals surface area contributed by atoms with E-state index in [0.717, 1.165) is 88.9 Å². The second-order valence-corrected chi connectivity index (χ2v) is 21.7.